The lowest BCUT2D eigenvalue weighted by atomic mass is 10.0. The van der Waals surface area contributed by atoms with Crippen LogP contribution >= 0.6 is 23.2 Å². The van der Waals surface area contributed by atoms with Crippen molar-refractivity contribution >= 4 is 40.7 Å². The van der Waals surface area contributed by atoms with Gasteiger partial charge in [-0.05, 0) is 31.0 Å². The van der Waals surface area contributed by atoms with Gasteiger partial charge < -0.3 is 11.1 Å². The zero-order valence-corrected chi connectivity index (χ0v) is 13.6. The number of benzene rings is 1. The fraction of sp³-hybridized carbons (Fsp3) is 0.429. The first kappa shape index (κ1) is 17.8. The van der Waals surface area contributed by atoms with Crippen LogP contribution < -0.4 is 16.4 Å². The topological polar surface area (TPSA) is 84.2 Å². The average molecular weight is 332 g/mol. The molecule has 1 aromatic carbocycles. The number of carbonyl (C=O) groups is 2. The second kappa shape index (κ2) is 7.64. The molecule has 1 unspecified atom stereocenters. The number of hydrogen-bond donors (Lipinski definition) is 3. The van der Waals surface area contributed by atoms with Gasteiger partial charge in [-0.1, -0.05) is 37.0 Å². The molecule has 1 rings (SSSR count). The van der Waals surface area contributed by atoms with Crippen molar-refractivity contribution in [3.8, 4) is 0 Å². The van der Waals surface area contributed by atoms with E-state index in [0.717, 1.165) is 0 Å². The van der Waals surface area contributed by atoms with Gasteiger partial charge >= 0.3 is 0 Å². The average Bonchev–Trinajstić information content (AvgIpc) is 2.41. The first-order valence-electron chi connectivity index (χ1n) is 6.54. The van der Waals surface area contributed by atoms with Gasteiger partial charge in [0.15, 0.2) is 0 Å². The van der Waals surface area contributed by atoms with Crippen molar-refractivity contribution in [1.29, 1.82) is 0 Å². The third-order valence-corrected chi connectivity index (χ3v) is 3.70. The first-order chi connectivity index (χ1) is 9.72. The van der Waals surface area contributed by atoms with E-state index in [1.807, 2.05) is 13.8 Å². The molecule has 0 aliphatic rings. The Morgan fingerprint density at radius 1 is 1.10 bits per heavy atom. The standard InChI is InChI=1S/C14H19Cl2N3O2/c1-7(2)12(17)14(21)19-13(20)8(3)18-9-4-5-10(15)11(16)6-9/h4-8,12,18H,17H2,1-3H3,(H,19,20,21)/t8?,12-/m0/s1. The maximum Gasteiger partial charge on any atom is 0.248 e. The van der Waals surface area contributed by atoms with Crippen LogP contribution in [0.25, 0.3) is 0 Å². The van der Waals surface area contributed by atoms with Crippen LogP contribution in [0.3, 0.4) is 0 Å². The molecule has 2 amide bonds. The van der Waals surface area contributed by atoms with Gasteiger partial charge in [0.25, 0.3) is 0 Å². The van der Waals surface area contributed by atoms with E-state index in [2.05, 4.69) is 10.6 Å². The highest BCUT2D eigenvalue weighted by atomic mass is 35.5. The molecule has 7 heteroatoms. The predicted octanol–water partition coefficient (Wildman–Crippen LogP) is 2.42. The van der Waals surface area contributed by atoms with E-state index in [9.17, 15) is 9.59 Å². The minimum atomic E-state index is -0.717. The Labute approximate surface area is 134 Å². The highest BCUT2D eigenvalue weighted by Gasteiger charge is 2.22. The summed E-state index contributed by atoms with van der Waals surface area (Å²) in [5, 5.41) is 6.03. The quantitative estimate of drug-likeness (QED) is 0.773. The number of carbonyl (C=O) groups excluding carboxylic acids is 2. The molecular weight excluding hydrogens is 313 g/mol. The molecule has 5 nitrogen and oxygen atoms in total. The highest BCUT2D eigenvalue weighted by molar-refractivity contribution is 6.42. The number of rotatable bonds is 5. The molecule has 1 aromatic rings. The highest BCUT2D eigenvalue weighted by Crippen LogP contribution is 2.25. The van der Waals surface area contributed by atoms with Gasteiger partial charge in [-0.2, -0.15) is 0 Å². The van der Waals surface area contributed by atoms with Crippen molar-refractivity contribution in [2.75, 3.05) is 5.32 Å². The van der Waals surface area contributed by atoms with Gasteiger partial charge in [0.1, 0.15) is 6.04 Å². The second-order valence-corrected chi connectivity index (χ2v) is 5.93. The smallest absolute Gasteiger partial charge is 0.248 e. The summed E-state index contributed by atoms with van der Waals surface area (Å²) < 4.78 is 0. The molecule has 0 spiro atoms. The number of halogens is 2. The maximum absolute atomic E-state index is 11.9. The third-order valence-electron chi connectivity index (χ3n) is 2.96. The minimum absolute atomic E-state index is 0.0452. The van der Waals surface area contributed by atoms with Gasteiger partial charge in [-0.15, -0.1) is 0 Å². The summed E-state index contributed by atoms with van der Waals surface area (Å²) in [6, 6.07) is 3.59. The SMILES string of the molecule is CC(Nc1ccc(Cl)c(Cl)c1)C(=O)NC(=O)[C@@H](N)C(C)C. The molecule has 21 heavy (non-hydrogen) atoms. The normalized spacial score (nSPS) is 13.7. The number of nitrogens with two attached hydrogens (primary N) is 1. The fourth-order valence-corrected chi connectivity index (χ4v) is 1.82. The lowest BCUT2D eigenvalue weighted by Crippen LogP contribution is -2.49. The van der Waals surface area contributed by atoms with E-state index in [4.69, 9.17) is 28.9 Å². The van der Waals surface area contributed by atoms with Crippen LogP contribution in [0, 0.1) is 5.92 Å². The summed E-state index contributed by atoms with van der Waals surface area (Å²) >= 11 is 11.7. The molecule has 0 saturated carbocycles. The molecule has 0 bridgehead atoms. The van der Waals surface area contributed by atoms with Crippen molar-refractivity contribution in [3.63, 3.8) is 0 Å². The van der Waals surface area contributed by atoms with E-state index in [1.54, 1.807) is 25.1 Å². The van der Waals surface area contributed by atoms with E-state index in [-0.39, 0.29) is 5.92 Å². The molecule has 2 atom stereocenters. The van der Waals surface area contributed by atoms with Crippen molar-refractivity contribution in [3.05, 3.63) is 28.2 Å². The molecule has 0 aliphatic heterocycles. The molecule has 116 valence electrons. The van der Waals surface area contributed by atoms with Crippen LogP contribution in [0.1, 0.15) is 20.8 Å². The summed E-state index contributed by atoms with van der Waals surface area (Å²) in [6.45, 7) is 5.25. The number of amides is 2. The molecule has 0 saturated heterocycles. The van der Waals surface area contributed by atoms with E-state index >= 15 is 0 Å². The molecule has 0 fully saturated rings. The Kier molecular flexibility index (Phi) is 6.45. The Morgan fingerprint density at radius 3 is 2.24 bits per heavy atom. The van der Waals surface area contributed by atoms with Crippen LogP contribution in [0.5, 0.6) is 0 Å². The molecule has 0 heterocycles. The van der Waals surface area contributed by atoms with E-state index < -0.39 is 23.9 Å². The maximum atomic E-state index is 11.9. The van der Waals surface area contributed by atoms with Crippen LogP contribution in [-0.2, 0) is 9.59 Å². The van der Waals surface area contributed by atoms with Gasteiger partial charge in [-0.3, -0.25) is 14.9 Å². The summed E-state index contributed by atoms with van der Waals surface area (Å²) in [5.74, 6) is -0.990. The van der Waals surface area contributed by atoms with Crippen molar-refractivity contribution in [1.82, 2.24) is 5.32 Å². The van der Waals surface area contributed by atoms with Gasteiger partial charge in [0.05, 0.1) is 16.1 Å². The Hall–Kier alpha value is -1.30. The summed E-state index contributed by atoms with van der Waals surface area (Å²) in [4.78, 5) is 23.7. The Morgan fingerprint density at radius 2 is 1.71 bits per heavy atom. The van der Waals surface area contributed by atoms with Crippen molar-refractivity contribution in [2.24, 2.45) is 11.7 Å². The van der Waals surface area contributed by atoms with Crippen molar-refractivity contribution in [2.45, 2.75) is 32.9 Å². The lowest BCUT2D eigenvalue weighted by Gasteiger charge is -2.18. The fourth-order valence-electron chi connectivity index (χ4n) is 1.52. The first-order valence-corrected chi connectivity index (χ1v) is 7.29. The number of hydrogen-bond acceptors (Lipinski definition) is 4. The van der Waals surface area contributed by atoms with Crippen molar-refractivity contribution < 1.29 is 9.59 Å². The molecule has 4 N–H and O–H groups in total. The molecule has 0 aromatic heterocycles. The van der Waals surface area contributed by atoms with Crippen LogP contribution in [0.4, 0.5) is 5.69 Å². The van der Waals surface area contributed by atoms with Gasteiger partial charge in [-0.25, -0.2) is 0 Å². The van der Waals surface area contributed by atoms with Gasteiger partial charge in [0.2, 0.25) is 11.8 Å². The summed E-state index contributed by atoms with van der Waals surface area (Å²) in [6.07, 6.45) is 0. The minimum Gasteiger partial charge on any atom is -0.374 e. The molecule has 0 aliphatic carbocycles. The lowest BCUT2D eigenvalue weighted by molar-refractivity contribution is -0.131. The number of nitrogens with one attached hydrogen (secondary N) is 2. The Balaban J connectivity index is 2.62. The second-order valence-electron chi connectivity index (χ2n) is 5.12. The third kappa shape index (κ3) is 5.19. The molecular formula is C14H19Cl2N3O2. The van der Waals surface area contributed by atoms with Crippen LogP contribution in [0.2, 0.25) is 10.0 Å². The van der Waals surface area contributed by atoms with Gasteiger partial charge in [0, 0.05) is 5.69 Å². The Bertz CT molecular complexity index is 535. The zero-order valence-electron chi connectivity index (χ0n) is 12.1. The zero-order chi connectivity index (χ0) is 16.2. The van der Waals surface area contributed by atoms with E-state index in [1.165, 1.54) is 0 Å². The summed E-state index contributed by atoms with van der Waals surface area (Å²) in [7, 11) is 0. The van der Waals surface area contributed by atoms with Crippen LogP contribution in [0.15, 0.2) is 18.2 Å². The largest absolute Gasteiger partial charge is 0.374 e. The summed E-state index contributed by atoms with van der Waals surface area (Å²) in [5.41, 5.74) is 6.31. The number of imide groups is 1. The van der Waals surface area contributed by atoms with E-state index in [0.29, 0.717) is 15.7 Å². The molecule has 0 radical (unpaired) electrons. The predicted molar refractivity (Wildman–Crippen MR) is 85.5 cm³/mol. The number of anilines is 1. The van der Waals surface area contributed by atoms with Crippen LogP contribution in [-0.4, -0.2) is 23.9 Å². The monoisotopic (exact) mass is 331 g/mol.